The first-order valence-corrected chi connectivity index (χ1v) is 7.79. The summed E-state index contributed by atoms with van der Waals surface area (Å²) in [7, 11) is 0. The highest BCUT2D eigenvalue weighted by molar-refractivity contribution is 7.99. The van der Waals surface area contributed by atoms with Crippen LogP contribution in [-0.4, -0.2) is 52.1 Å². The van der Waals surface area contributed by atoms with Crippen LogP contribution in [0.1, 0.15) is 40.5 Å². The first kappa shape index (κ1) is 18.1. The molecule has 19 heavy (non-hydrogen) atoms. The maximum atomic E-state index is 12.1. The average Bonchev–Trinajstić information content (AvgIpc) is 2.26. The summed E-state index contributed by atoms with van der Waals surface area (Å²) in [5.41, 5.74) is -0.377. The normalized spacial score (nSPS) is 11.2. The molecule has 0 saturated heterocycles. The van der Waals surface area contributed by atoms with Crippen LogP contribution in [0.15, 0.2) is 0 Å². The van der Waals surface area contributed by atoms with E-state index < -0.39 is 5.97 Å². The van der Waals surface area contributed by atoms with Gasteiger partial charge in [-0.1, -0.05) is 6.92 Å². The number of amides is 2. The number of carbonyl (C=O) groups is 2. The molecule has 2 amide bonds. The molecule has 0 saturated carbocycles. The Labute approximate surface area is 120 Å². The number of nitrogens with one attached hydrogen (secondary N) is 1. The van der Waals surface area contributed by atoms with Gasteiger partial charge in [0.2, 0.25) is 0 Å². The van der Waals surface area contributed by atoms with Crippen molar-refractivity contribution in [3.8, 4) is 0 Å². The Morgan fingerprint density at radius 3 is 2.42 bits per heavy atom. The maximum Gasteiger partial charge on any atom is 0.317 e. The average molecular weight is 290 g/mol. The van der Waals surface area contributed by atoms with Gasteiger partial charge in [-0.05, 0) is 38.7 Å². The van der Waals surface area contributed by atoms with Crippen molar-refractivity contribution in [1.29, 1.82) is 0 Å². The second kappa shape index (κ2) is 9.07. The molecule has 0 unspecified atom stereocenters. The summed E-state index contributed by atoms with van der Waals surface area (Å²) < 4.78 is 0. The molecule has 0 aromatic carbocycles. The molecule has 0 aliphatic rings. The number of thioether (sulfide) groups is 1. The van der Waals surface area contributed by atoms with E-state index in [0.29, 0.717) is 6.54 Å². The maximum absolute atomic E-state index is 12.1. The minimum atomic E-state index is -0.888. The smallest absolute Gasteiger partial charge is 0.317 e. The van der Waals surface area contributed by atoms with Crippen LogP contribution in [-0.2, 0) is 4.79 Å². The number of urea groups is 1. The second-order valence-electron chi connectivity index (χ2n) is 5.25. The third-order valence-electron chi connectivity index (χ3n) is 2.55. The lowest BCUT2D eigenvalue weighted by molar-refractivity contribution is -0.137. The molecule has 2 N–H and O–H groups in total. The van der Waals surface area contributed by atoms with Crippen molar-refractivity contribution in [2.24, 2.45) is 0 Å². The summed E-state index contributed by atoms with van der Waals surface area (Å²) in [6.45, 7) is 8.68. The molecule has 0 spiro atoms. The van der Waals surface area contributed by atoms with E-state index >= 15 is 0 Å². The van der Waals surface area contributed by atoms with E-state index in [4.69, 9.17) is 5.11 Å². The van der Waals surface area contributed by atoms with E-state index in [0.717, 1.165) is 17.9 Å². The highest BCUT2D eigenvalue weighted by atomic mass is 32.2. The van der Waals surface area contributed by atoms with Gasteiger partial charge in [-0.2, -0.15) is 11.8 Å². The van der Waals surface area contributed by atoms with Crippen molar-refractivity contribution in [1.82, 2.24) is 10.2 Å². The van der Waals surface area contributed by atoms with Gasteiger partial charge in [0.05, 0.1) is 6.42 Å². The molecule has 0 aliphatic heterocycles. The molecule has 0 radical (unpaired) electrons. The number of nitrogens with zero attached hydrogens (tertiary/aromatic N) is 1. The highest BCUT2D eigenvalue weighted by Crippen LogP contribution is 2.14. The summed E-state index contributed by atoms with van der Waals surface area (Å²) in [5, 5.41) is 11.6. The molecule has 112 valence electrons. The zero-order valence-corrected chi connectivity index (χ0v) is 13.2. The summed E-state index contributed by atoms with van der Waals surface area (Å²) >= 11 is 1.85. The van der Waals surface area contributed by atoms with E-state index in [2.05, 4.69) is 12.2 Å². The van der Waals surface area contributed by atoms with E-state index in [9.17, 15) is 9.59 Å². The Hall–Kier alpha value is -0.910. The van der Waals surface area contributed by atoms with E-state index in [1.807, 2.05) is 32.5 Å². The van der Waals surface area contributed by atoms with Gasteiger partial charge in [-0.15, -0.1) is 0 Å². The first-order chi connectivity index (χ1) is 8.79. The monoisotopic (exact) mass is 290 g/mol. The summed E-state index contributed by atoms with van der Waals surface area (Å²) in [4.78, 5) is 24.3. The van der Waals surface area contributed by atoms with Crippen molar-refractivity contribution in [2.75, 3.05) is 24.6 Å². The van der Waals surface area contributed by atoms with Crippen molar-refractivity contribution in [3.05, 3.63) is 0 Å². The lowest BCUT2D eigenvalue weighted by Crippen LogP contribution is -2.51. The van der Waals surface area contributed by atoms with Crippen LogP contribution in [0.25, 0.3) is 0 Å². The lowest BCUT2D eigenvalue weighted by Gasteiger charge is -2.35. The molecule has 0 aromatic rings. The van der Waals surface area contributed by atoms with Crippen molar-refractivity contribution < 1.29 is 14.7 Å². The first-order valence-electron chi connectivity index (χ1n) is 6.64. The van der Waals surface area contributed by atoms with Crippen LogP contribution in [0.4, 0.5) is 4.79 Å². The van der Waals surface area contributed by atoms with Crippen LogP contribution in [0.3, 0.4) is 0 Å². The van der Waals surface area contributed by atoms with Crippen molar-refractivity contribution in [2.45, 2.75) is 46.1 Å². The number of carboxylic acid groups (broad SMARTS) is 1. The van der Waals surface area contributed by atoms with Gasteiger partial charge in [-0.25, -0.2) is 4.79 Å². The largest absolute Gasteiger partial charge is 0.481 e. The third-order valence-corrected chi connectivity index (χ3v) is 3.54. The number of rotatable bonds is 8. The number of hydrogen-bond acceptors (Lipinski definition) is 3. The number of carboxylic acids is 1. The Balaban J connectivity index is 4.20. The zero-order valence-electron chi connectivity index (χ0n) is 12.4. The molecule has 0 fully saturated rings. The third kappa shape index (κ3) is 8.75. The predicted octanol–water partition coefficient (Wildman–Crippen LogP) is 2.41. The molecule has 0 heterocycles. The Kier molecular flexibility index (Phi) is 8.63. The predicted molar refractivity (Wildman–Crippen MR) is 79.7 cm³/mol. The number of aliphatic carboxylic acids is 1. The quantitative estimate of drug-likeness (QED) is 0.674. The van der Waals surface area contributed by atoms with E-state index in [1.165, 1.54) is 0 Å². The van der Waals surface area contributed by atoms with Crippen LogP contribution < -0.4 is 5.32 Å². The molecule has 0 bridgehead atoms. The lowest BCUT2D eigenvalue weighted by atomic mass is 10.1. The standard InChI is InChI=1S/C13H26N2O3S/c1-5-19-10-6-8-14-12(18)15(13(2,3)4)9-7-11(16)17/h5-10H2,1-4H3,(H,14,18)(H,16,17). The Morgan fingerprint density at radius 1 is 1.32 bits per heavy atom. The number of carbonyl (C=O) groups excluding carboxylic acids is 1. The van der Waals surface area contributed by atoms with E-state index in [1.54, 1.807) is 4.90 Å². The minimum absolute atomic E-state index is 0.0314. The van der Waals surface area contributed by atoms with Crippen molar-refractivity contribution in [3.63, 3.8) is 0 Å². The Morgan fingerprint density at radius 2 is 1.95 bits per heavy atom. The summed E-state index contributed by atoms with van der Waals surface area (Å²) in [6.07, 6.45) is 0.900. The summed E-state index contributed by atoms with van der Waals surface area (Å²) in [6, 6.07) is -0.185. The fraction of sp³-hybridized carbons (Fsp3) is 0.846. The zero-order chi connectivity index (χ0) is 14.9. The molecular weight excluding hydrogens is 264 g/mol. The molecule has 0 rings (SSSR count). The van der Waals surface area contributed by atoms with Gasteiger partial charge < -0.3 is 15.3 Å². The molecule has 0 aliphatic carbocycles. The van der Waals surface area contributed by atoms with Gasteiger partial charge in [0.25, 0.3) is 0 Å². The summed E-state index contributed by atoms with van der Waals surface area (Å²) in [5.74, 6) is 1.23. The van der Waals surface area contributed by atoms with Crippen molar-refractivity contribution >= 4 is 23.8 Å². The van der Waals surface area contributed by atoms with Crippen LogP contribution in [0.2, 0.25) is 0 Å². The number of hydrogen-bond donors (Lipinski definition) is 2. The van der Waals surface area contributed by atoms with Gasteiger partial charge in [0.1, 0.15) is 0 Å². The van der Waals surface area contributed by atoms with Crippen LogP contribution in [0.5, 0.6) is 0 Å². The molecule has 5 nitrogen and oxygen atoms in total. The van der Waals surface area contributed by atoms with Crippen LogP contribution in [0, 0.1) is 0 Å². The molecular formula is C13H26N2O3S. The van der Waals surface area contributed by atoms with Gasteiger partial charge in [0, 0.05) is 18.6 Å². The fourth-order valence-corrected chi connectivity index (χ4v) is 2.20. The topological polar surface area (TPSA) is 69.6 Å². The van der Waals surface area contributed by atoms with Gasteiger partial charge in [0.15, 0.2) is 0 Å². The van der Waals surface area contributed by atoms with Gasteiger partial charge in [-0.3, -0.25) is 4.79 Å². The van der Waals surface area contributed by atoms with Crippen LogP contribution >= 0.6 is 11.8 Å². The fourth-order valence-electron chi connectivity index (χ4n) is 1.56. The molecule has 0 atom stereocenters. The molecule has 0 aromatic heterocycles. The highest BCUT2D eigenvalue weighted by Gasteiger charge is 2.26. The Bertz CT molecular complexity index is 290. The minimum Gasteiger partial charge on any atom is -0.481 e. The van der Waals surface area contributed by atoms with E-state index in [-0.39, 0.29) is 24.5 Å². The SMILES string of the molecule is CCSCCCNC(=O)N(CCC(=O)O)C(C)(C)C. The molecule has 6 heteroatoms. The second-order valence-corrected chi connectivity index (χ2v) is 6.64. The van der Waals surface area contributed by atoms with Gasteiger partial charge >= 0.3 is 12.0 Å².